The van der Waals surface area contributed by atoms with Gasteiger partial charge in [0.15, 0.2) is 0 Å². The molecule has 0 bridgehead atoms. The molecule has 0 saturated carbocycles. The lowest BCUT2D eigenvalue weighted by Crippen LogP contribution is -1.86. The SMILES string of the molecule is CCCc1nnc(-c2cc(F)cc3cccnc23)s1. The first kappa shape index (κ1) is 12.2. The normalized spacial score (nSPS) is 11.1. The van der Waals surface area contributed by atoms with Crippen LogP contribution in [-0.4, -0.2) is 15.2 Å². The average Bonchev–Trinajstić information content (AvgIpc) is 2.86. The lowest BCUT2D eigenvalue weighted by molar-refractivity contribution is 0.630. The van der Waals surface area contributed by atoms with E-state index in [-0.39, 0.29) is 5.82 Å². The van der Waals surface area contributed by atoms with E-state index in [0.29, 0.717) is 0 Å². The molecule has 3 aromatic rings. The maximum atomic E-state index is 13.7. The van der Waals surface area contributed by atoms with Crippen LogP contribution in [0.15, 0.2) is 30.5 Å². The summed E-state index contributed by atoms with van der Waals surface area (Å²) >= 11 is 1.51. The standard InChI is InChI=1S/C14H12FN3S/c1-2-4-12-17-18-14(19-12)11-8-10(15)7-9-5-3-6-16-13(9)11/h3,5-8H,2,4H2,1H3. The van der Waals surface area contributed by atoms with Crippen molar-refractivity contribution in [1.29, 1.82) is 0 Å². The molecule has 2 aromatic heterocycles. The van der Waals surface area contributed by atoms with Gasteiger partial charge in [-0.2, -0.15) is 0 Å². The molecule has 19 heavy (non-hydrogen) atoms. The van der Waals surface area contributed by atoms with Crippen LogP contribution in [-0.2, 0) is 6.42 Å². The molecule has 3 nitrogen and oxygen atoms in total. The molecule has 0 fully saturated rings. The van der Waals surface area contributed by atoms with Gasteiger partial charge in [0, 0.05) is 23.6 Å². The summed E-state index contributed by atoms with van der Waals surface area (Å²) in [6.07, 6.45) is 3.63. The van der Waals surface area contributed by atoms with Gasteiger partial charge >= 0.3 is 0 Å². The molecule has 0 aliphatic carbocycles. The molecular weight excluding hydrogens is 261 g/mol. The van der Waals surface area contributed by atoms with Crippen molar-refractivity contribution in [3.63, 3.8) is 0 Å². The maximum Gasteiger partial charge on any atom is 0.150 e. The number of nitrogens with zero attached hydrogens (tertiary/aromatic N) is 3. The Balaban J connectivity index is 2.17. The van der Waals surface area contributed by atoms with Gasteiger partial charge in [-0.1, -0.05) is 24.3 Å². The Morgan fingerprint density at radius 1 is 1.26 bits per heavy atom. The molecule has 0 amide bonds. The van der Waals surface area contributed by atoms with Gasteiger partial charge in [-0.05, 0) is 24.6 Å². The van der Waals surface area contributed by atoms with Gasteiger partial charge in [-0.25, -0.2) is 4.39 Å². The summed E-state index contributed by atoms with van der Waals surface area (Å²) in [7, 11) is 0. The van der Waals surface area contributed by atoms with E-state index in [0.717, 1.165) is 39.3 Å². The number of rotatable bonds is 3. The van der Waals surface area contributed by atoms with Crippen molar-refractivity contribution in [2.75, 3.05) is 0 Å². The Kier molecular flexibility index (Phi) is 3.21. The van der Waals surface area contributed by atoms with E-state index in [4.69, 9.17) is 0 Å². The van der Waals surface area contributed by atoms with Crippen molar-refractivity contribution in [1.82, 2.24) is 15.2 Å². The van der Waals surface area contributed by atoms with Crippen LogP contribution in [0.1, 0.15) is 18.4 Å². The number of aromatic nitrogens is 3. The molecule has 0 aliphatic rings. The van der Waals surface area contributed by atoms with E-state index in [9.17, 15) is 4.39 Å². The number of pyridine rings is 1. The second-order valence-electron chi connectivity index (χ2n) is 4.28. The number of hydrogen-bond donors (Lipinski definition) is 0. The Hall–Kier alpha value is -1.88. The highest BCUT2D eigenvalue weighted by Gasteiger charge is 2.12. The van der Waals surface area contributed by atoms with Crippen molar-refractivity contribution < 1.29 is 4.39 Å². The van der Waals surface area contributed by atoms with Crippen molar-refractivity contribution in [3.8, 4) is 10.6 Å². The van der Waals surface area contributed by atoms with Gasteiger partial charge in [0.1, 0.15) is 15.8 Å². The molecular formula is C14H12FN3S. The number of aryl methyl sites for hydroxylation is 1. The highest BCUT2D eigenvalue weighted by atomic mass is 32.1. The fourth-order valence-electron chi connectivity index (χ4n) is 2.00. The smallest absolute Gasteiger partial charge is 0.150 e. The van der Waals surface area contributed by atoms with Gasteiger partial charge in [0.2, 0.25) is 0 Å². The van der Waals surface area contributed by atoms with E-state index in [1.807, 2.05) is 6.07 Å². The summed E-state index contributed by atoms with van der Waals surface area (Å²) in [6.45, 7) is 2.10. The van der Waals surface area contributed by atoms with Crippen LogP contribution in [0.3, 0.4) is 0 Å². The first-order valence-electron chi connectivity index (χ1n) is 6.15. The summed E-state index contributed by atoms with van der Waals surface area (Å²) in [5.74, 6) is -0.275. The molecule has 0 spiro atoms. The third kappa shape index (κ3) is 2.33. The summed E-state index contributed by atoms with van der Waals surface area (Å²) < 4.78 is 13.7. The van der Waals surface area contributed by atoms with Crippen LogP contribution in [0.25, 0.3) is 21.5 Å². The lowest BCUT2D eigenvalue weighted by atomic mass is 10.1. The summed E-state index contributed by atoms with van der Waals surface area (Å²) in [5.41, 5.74) is 1.48. The Morgan fingerprint density at radius 2 is 2.16 bits per heavy atom. The summed E-state index contributed by atoms with van der Waals surface area (Å²) in [5, 5.41) is 10.8. The van der Waals surface area contributed by atoms with E-state index in [2.05, 4.69) is 22.1 Å². The van der Waals surface area contributed by atoms with Gasteiger partial charge in [-0.3, -0.25) is 4.98 Å². The van der Waals surface area contributed by atoms with Crippen molar-refractivity contribution in [2.45, 2.75) is 19.8 Å². The zero-order valence-electron chi connectivity index (χ0n) is 10.4. The first-order chi connectivity index (χ1) is 9.28. The Labute approximate surface area is 114 Å². The predicted octanol–water partition coefficient (Wildman–Crippen LogP) is 3.84. The van der Waals surface area contributed by atoms with E-state index in [1.54, 1.807) is 12.3 Å². The molecule has 5 heteroatoms. The molecule has 3 rings (SSSR count). The molecule has 2 heterocycles. The number of halogens is 1. The number of fused-ring (bicyclic) bond motifs is 1. The molecule has 0 aliphatic heterocycles. The fourth-order valence-corrected chi connectivity index (χ4v) is 2.95. The minimum Gasteiger partial charge on any atom is -0.256 e. The largest absolute Gasteiger partial charge is 0.256 e. The third-order valence-electron chi connectivity index (χ3n) is 2.83. The quantitative estimate of drug-likeness (QED) is 0.727. The second-order valence-corrected chi connectivity index (χ2v) is 5.34. The Morgan fingerprint density at radius 3 is 3.00 bits per heavy atom. The van der Waals surface area contributed by atoms with E-state index >= 15 is 0 Å². The first-order valence-corrected chi connectivity index (χ1v) is 6.96. The summed E-state index contributed by atoms with van der Waals surface area (Å²) in [4.78, 5) is 4.33. The van der Waals surface area contributed by atoms with Gasteiger partial charge < -0.3 is 0 Å². The predicted molar refractivity (Wildman–Crippen MR) is 74.6 cm³/mol. The van der Waals surface area contributed by atoms with Gasteiger partial charge in [0.05, 0.1) is 5.52 Å². The molecule has 0 radical (unpaired) electrons. The molecule has 1 aromatic carbocycles. The average molecular weight is 273 g/mol. The van der Waals surface area contributed by atoms with Crippen molar-refractivity contribution in [3.05, 3.63) is 41.3 Å². The van der Waals surface area contributed by atoms with Crippen LogP contribution >= 0.6 is 11.3 Å². The lowest BCUT2D eigenvalue weighted by Gasteiger charge is -2.02. The third-order valence-corrected chi connectivity index (χ3v) is 3.85. The Bertz CT molecular complexity index is 724. The molecule has 96 valence electrons. The monoisotopic (exact) mass is 273 g/mol. The topological polar surface area (TPSA) is 38.7 Å². The minimum atomic E-state index is -0.275. The molecule has 0 atom stereocenters. The maximum absolute atomic E-state index is 13.7. The number of benzene rings is 1. The molecule has 0 unspecified atom stereocenters. The van der Waals surface area contributed by atoms with E-state index < -0.39 is 0 Å². The van der Waals surface area contributed by atoms with Crippen LogP contribution < -0.4 is 0 Å². The zero-order valence-corrected chi connectivity index (χ0v) is 11.2. The van der Waals surface area contributed by atoms with Gasteiger partial charge in [0.25, 0.3) is 0 Å². The van der Waals surface area contributed by atoms with Crippen LogP contribution in [0.4, 0.5) is 4.39 Å². The van der Waals surface area contributed by atoms with E-state index in [1.165, 1.54) is 23.5 Å². The molecule has 0 saturated heterocycles. The highest BCUT2D eigenvalue weighted by Crippen LogP contribution is 2.30. The second kappa shape index (κ2) is 5.01. The van der Waals surface area contributed by atoms with Gasteiger partial charge in [-0.15, -0.1) is 10.2 Å². The highest BCUT2D eigenvalue weighted by molar-refractivity contribution is 7.14. The van der Waals surface area contributed by atoms with Crippen LogP contribution in [0.2, 0.25) is 0 Å². The summed E-state index contributed by atoms with van der Waals surface area (Å²) in [6, 6.07) is 6.61. The van der Waals surface area contributed by atoms with Crippen LogP contribution in [0, 0.1) is 5.82 Å². The number of hydrogen-bond acceptors (Lipinski definition) is 4. The van der Waals surface area contributed by atoms with Crippen LogP contribution in [0.5, 0.6) is 0 Å². The fraction of sp³-hybridized carbons (Fsp3) is 0.214. The van der Waals surface area contributed by atoms with Crippen molar-refractivity contribution >= 4 is 22.2 Å². The zero-order chi connectivity index (χ0) is 13.2. The van der Waals surface area contributed by atoms with Crippen molar-refractivity contribution in [2.24, 2.45) is 0 Å². The minimum absolute atomic E-state index is 0.275. The molecule has 0 N–H and O–H groups in total.